The lowest BCUT2D eigenvalue weighted by Gasteiger charge is -2.40. The Bertz CT molecular complexity index is 281. The monoisotopic (exact) mass is 270 g/mol. The van der Waals surface area contributed by atoms with Crippen LogP contribution < -0.4 is 0 Å². The Balaban J connectivity index is 5.24. The zero-order valence-corrected chi connectivity index (χ0v) is 13.2. The smallest absolute Gasteiger partial charge is 0.158 e. The molecular formula is C15H30N2O2. The van der Waals surface area contributed by atoms with Crippen LogP contribution in [0.15, 0.2) is 0 Å². The number of ketones is 1. The highest BCUT2D eigenvalue weighted by molar-refractivity contribution is 6.01. The van der Waals surface area contributed by atoms with Gasteiger partial charge in [0.1, 0.15) is 11.8 Å². The molecule has 0 radical (unpaired) electrons. The van der Waals surface area contributed by atoms with Gasteiger partial charge in [-0.2, -0.15) is 0 Å². The van der Waals surface area contributed by atoms with Crippen LogP contribution >= 0.6 is 0 Å². The first-order valence-corrected chi connectivity index (χ1v) is 7.47. The zero-order chi connectivity index (χ0) is 14.9. The van der Waals surface area contributed by atoms with E-state index in [2.05, 4.69) is 25.7 Å². The van der Waals surface area contributed by atoms with Crippen molar-refractivity contribution < 1.29 is 9.59 Å². The summed E-state index contributed by atoms with van der Waals surface area (Å²) in [6, 6.07) is 0. The van der Waals surface area contributed by atoms with E-state index in [-0.39, 0.29) is 5.78 Å². The summed E-state index contributed by atoms with van der Waals surface area (Å²) < 4.78 is 0. The van der Waals surface area contributed by atoms with Gasteiger partial charge in [-0.05, 0) is 45.9 Å². The molecule has 0 fully saturated rings. The van der Waals surface area contributed by atoms with Gasteiger partial charge in [-0.3, -0.25) is 9.69 Å². The van der Waals surface area contributed by atoms with Crippen LogP contribution in [0.3, 0.4) is 0 Å². The number of likely N-dealkylation sites (N-methyl/N-ethyl adjacent to an activating group) is 2. The molecule has 0 saturated carbocycles. The number of hydrogen-bond acceptors (Lipinski definition) is 4. The van der Waals surface area contributed by atoms with E-state index < -0.39 is 5.54 Å². The molecule has 0 heterocycles. The van der Waals surface area contributed by atoms with Gasteiger partial charge in [0.05, 0.1) is 0 Å². The minimum atomic E-state index is -0.976. The molecule has 0 spiro atoms. The maximum Gasteiger partial charge on any atom is 0.158 e. The molecule has 0 N–H and O–H groups in total. The Labute approximate surface area is 118 Å². The first-order valence-electron chi connectivity index (χ1n) is 7.47. The summed E-state index contributed by atoms with van der Waals surface area (Å²) in [6.07, 6.45) is 2.82. The van der Waals surface area contributed by atoms with Gasteiger partial charge in [0.15, 0.2) is 5.78 Å². The second-order valence-electron chi connectivity index (χ2n) is 5.05. The van der Waals surface area contributed by atoms with E-state index in [1.54, 1.807) is 0 Å². The van der Waals surface area contributed by atoms with Crippen molar-refractivity contribution in [2.75, 3.05) is 32.7 Å². The van der Waals surface area contributed by atoms with Crippen LogP contribution in [0.4, 0.5) is 0 Å². The van der Waals surface area contributed by atoms with Gasteiger partial charge < -0.3 is 9.69 Å². The van der Waals surface area contributed by atoms with Crippen molar-refractivity contribution in [1.29, 1.82) is 0 Å². The van der Waals surface area contributed by atoms with Gasteiger partial charge in [0, 0.05) is 6.54 Å². The fourth-order valence-corrected chi connectivity index (χ4v) is 2.54. The zero-order valence-electron chi connectivity index (χ0n) is 13.2. The fraction of sp³-hybridized carbons (Fsp3) is 0.867. The Morgan fingerprint density at radius 3 is 1.95 bits per heavy atom. The third-order valence-corrected chi connectivity index (χ3v) is 3.70. The number of rotatable bonds is 11. The van der Waals surface area contributed by atoms with E-state index >= 15 is 0 Å². The van der Waals surface area contributed by atoms with E-state index in [9.17, 15) is 9.59 Å². The summed E-state index contributed by atoms with van der Waals surface area (Å²) in [5, 5.41) is 0. The van der Waals surface area contributed by atoms with Crippen LogP contribution in [0.2, 0.25) is 0 Å². The van der Waals surface area contributed by atoms with E-state index in [1.807, 2.05) is 11.8 Å². The Hall–Kier alpha value is -0.740. The lowest BCUT2D eigenvalue weighted by molar-refractivity contribution is -0.137. The van der Waals surface area contributed by atoms with Crippen molar-refractivity contribution in [1.82, 2.24) is 9.80 Å². The number of carbonyl (C=O) groups is 2. The lowest BCUT2D eigenvalue weighted by atomic mass is 9.92. The topological polar surface area (TPSA) is 40.6 Å². The molecule has 19 heavy (non-hydrogen) atoms. The number of nitrogens with zero attached hydrogens (tertiary/aromatic N) is 2. The second kappa shape index (κ2) is 9.21. The van der Waals surface area contributed by atoms with Gasteiger partial charge in [-0.15, -0.1) is 0 Å². The standard InChI is InChI=1S/C15H30N2O2/c1-6-10-16(8-3)12-15(13-18,14(5)19)17(9-4)11-7-2/h13H,6-12H2,1-5H3. The van der Waals surface area contributed by atoms with Crippen molar-refractivity contribution in [3.05, 3.63) is 0 Å². The van der Waals surface area contributed by atoms with Gasteiger partial charge >= 0.3 is 0 Å². The summed E-state index contributed by atoms with van der Waals surface area (Å²) in [5.74, 6) is -0.0487. The summed E-state index contributed by atoms with van der Waals surface area (Å²) in [5.41, 5.74) is -0.976. The first-order chi connectivity index (χ1) is 9.02. The lowest BCUT2D eigenvalue weighted by Crippen LogP contribution is -2.61. The van der Waals surface area contributed by atoms with Crippen molar-refractivity contribution in [2.45, 2.75) is 53.0 Å². The van der Waals surface area contributed by atoms with Gasteiger partial charge in [0.2, 0.25) is 0 Å². The molecule has 0 aliphatic heterocycles. The van der Waals surface area contributed by atoms with Crippen LogP contribution in [0.1, 0.15) is 47.5 Å². The summed E-state index contributed by atoms with van der Waals surface area (Å²) in [6.45, 7) is 13.6. The third kappa shape index (κ3) is 4.69. The Morgan fingerprint density at radius 2 is 1.63 bits per heavy atom. The molecule has 0 aromatic rings. The van der Waals surface area contributed by atoms with E-state index in [0.717, 1.165) is 45.3 Å². The van der Waals surface area contributed by atoms with Crippen LogP contribution in [0, 0.1) is 0 Å². The average molecular weight is 270 g/mol. The molecule has 0 aliphatic rings. The number of hydrogen-bond donors (Lipinski definition) is 0. The highest BCUT2D eigenvalue weighted by atomic mass is 16.1. The van der Waals surface area contributed by atoms with Crippen LogP contribution in [-0.4, -0.2) is 60.1 Å². The van der Waals surface area contributed by atoms with Gasteiger partial charge in [0.25, 0.3) is 0 Å². The molecule has 0 aliphatic carbocycles. The molecule has 4 nitrogen and oxygen atoms in total. The molecule has 0 aromatic heterocycles. The SMILES string of the molecule is CCCN(CC)CC(C=O)(C(C)=O)N(CC)CCC. The number of carbonyl (C=O) groups excluding carboxylic acids is 2. The van der Waals surface area contributed by atoms with E-state index in [1.165, 1.54) is 6.92 Å². The minimum Gasteiger partial charge on any atom is -0.301 e. The molecular weight excluding hydrogens is 240 g/mol. The molecule has 1 unspecified atom stereocenters. The minimum absolute atomic E-state index is 0.0487. The fourth-order valence-electron chi connectivity index (χ4n) is 2.54. The highest BCUT2D eigenvalue weighted by Gasteiger charge is 2.41. The molecule has 0 amide bonds. The summed E-state index contributed by atoms with van der Waals surface area (Å²) in [4.78, 5) is 28.0. The summed E-state index contributed by atoms with van der Waals surface area (Å²) in [7, 11) is 0. The number of aldehydes is 1. The molecule has 4 heteroatoms. The van der Waals surface area contributed by atoms with Crippen LogP contribution in [0.5, 0.6) is 0 Å². The Kier molecular flexibility index (Phi) is 8.85. The molecule has 0 aromatic carbocycles. The van der Waals surface area contributed by atoms with Gasteiger partial charge in [-0.25, -0.2) is 0 Å². The predicted molar refractivity (Wildman–Crippen MR) is 79.4 cm³/mol. The Morgan fingerprint density at radius 1 is 1.05 bits per heavy atom. The van der Waals surface area contributed by atoms with E-state index in [0.29, 0.717) is 6.54 Å². The van der Waals surface area contributed by atoms with Crippen molar-refractivity contribution in [3.8, 4) is 0 Å². The highest BCUT2D eigenvalue weighted by Crippen LogP contribution is 2.17. The van der Waals surface area contributed by atoms with Crippen LogP contribution in [-0.2, 0) is 9.59 Å². The molecule has 0 saturated heterocycles. The predicted octanol–water partition coefficient (Wildman–Crippen LogP) is 1.98. The van der Waals surface area contributed by atoms with Crippen LogP contribution in [0.25, 0.3) is 0 Å². The summed E-state index contributed by atoms with van der Waals surface area (Å²) >= 11 is 0. The average Bonchev–Trinajstić information content (AvgIpc) is 2.41. The normalized spacial score (nSPS) is 14.7. The molecule has 0 bridgehead atoms. The molecule has 0 rings (SSSR count). The van der Waals surface area contributed by atoms with Crippen molar-refractivity contribution >= 4 is 12.1 Å². The van der Waals surface area contributed by atoms with Crippen molar-refractivity contribution in [3.63, 3.8) is 0 Å². The largest absolute Gasteiger partial charge is 0.301 e. The second-order valence-corrected chi connectivity index (χ2v) is 5.05. The third-order valence-electron chi connectivity index (χ3n) is 3.70. The molecule has 1 atom stereocenters. The quantitative estimate of drug-likeness (QED) is 0.425. The maximum absolute atomic E-state index is 12.1. The number of Topliss-reactive ketones (excluding diaryl/α,β-unsaturated/α-hetero) is 1. The van der Waals surface area contributed by atoms with E-state index in [4.69, 9.17) is 0 Å². The van der Waals surface area contributed by atoms with Crippen molar-refractivity contribution in [2.24, 2.45) is 0 Å². The maximum atomic E-state index is 12.1. The van der Waals surface area contributed by atoms with Gasteiger partial charge in [-0.1, -0.05) is 27.7 Å². The molecule has 112 valence electrons. The first kappa shape index (κ1) is 18.3.